The van der Waals surface area contributed by atoms with Crippen molar-refractivity contribution in [2.75, 3.05) is 33.4 Å². The molecule has 2 atom stereocenters. The van der Waals surface area contributed by atoms with E-state index in [4.69, 9.17) is 9.47 Å². The number of hydrogen-bond donors (Lipinski definition) is 0. The van der Waals surface area contributed by atoms with Crippen LogP contribution in [0.1, 0.15) is 42.5 Å². The summed E-state index contributed by atoms with van der Waals surface area (Å²) in [5, 5.41) is 0. The number of carbonyl (C=O) groups excluding carboxylic acids is 1. The lowest BCUT2D eigenvalue weighted by molar-refractivity contribution is 0.0669. The fraction of sp³-hybridized carbons (Fsp3) is 0.632. The number of carbonyl (C=O) groups is 1. The lowest BCUT2D eigenvalue weighted by atomic mass is 9.97. The average molecular weight is 330 g/mol. The predicted octanol–water partition coefficient (Wildman–Crippen LogP) is 2.55. The minimum absolute atomic E-state index is 0.133. The normalized spacial score (nSPS) is 27.3. The summed E-state index contributed by atoms with van der Waals surface area (Å²) in [6.45, 7) is 3.12. The van der Waals surface area contributed by atoms with Crippen LogP contribution < -0.4 is 9.47 Å². The fourth-order valence-electron chi connectivity index (χ4n) is 4.35. The van der Waals surface area contributed by atoms with Gasteiger partial charge in [0.25, 0.3) is 5.91 Å². The maximum absolute atomic E-state index is 13.1. The van der Waals surface area contributed by atoms with E-state index in [1.165, 1.54) is 19.3 Å². The number of hydrogen-bond acceptors (Lipinski definition) is 4. The van der Waals surface area contributed by atoms with Gasteiger partial charge in [-0.15, -0.1) is 0 Å². The summed E-state index contributed by atoms with van der Waals surface area (Å²) in [5.74, 6) is 1.56. The Morgan fingerprint density at radius 3 is 2.71 bits per heavy atom. The lowest BCUT2D eigenvalue weighted by Gasteiger charge is -2.35. The van der Waals surface area contributed by atoms with E-state index < -0.39 is 0 Å². The molecule has 130 valence electrons. The SMILES string of the molecule is CN1CCCCC[C@@H]2[C@@H]1CCN2C(=O)c1ccc2c(c1)OCCO2. The van der Waals surface area contributed by atoms with E-state index in [1.54, 1.807) is 0 Å². The van der Waals surface area contributed by atoms with Gasteiger partial charge in [-0.3, -0.25) is 4.79 Å². The number of nitrogens with zero attached hydrogens (tertiary/aromatic N) is 2. The first-order chi connectivity index (χ1) is 11.7. The third-order valence-corrected chi connectivity index (χ3v) is 5.64. The van der Waals surface area contributed by atoms with Gasteiger partial charge in [0.15, 0.2) is 11.5 Å². The van der Waals surface area contributed by atoms with E-state index in [2.05, 4.69) is 16.8 Å². The van der Waals surface area contributed by atoms with Gasteiger partial charge < -0.3 is 19.3 Å². The first-order valence-electron chi connectivity index (χ1n) is 9.15. The zero-order valence-corrected chi connectivity index (χ0v) is 14.4. The second kappa shape index (κ2) is 6.63. The standard InChI is InChI=1S/C19H26N2O3/c1-20-9-4-2-3-5-16-15(20)8-10-21(16)19(22)14-6-7-17-18(13-14)24-12-11-23-17/h6-7,13,15-16H,2-5,8-12H2,1H3/t15-,16+/m0/s1. The number of fused-ring (bicyclic) bond motifs is 2. The molecule has 3 aliphatic rings. The van der Waals surface area contributed by atoms with Crippen LogP contribution in [0.4, 0.5) is 0 Å². The monoisotopic (exact) mass is 330 g/mol. The number of amides is 1. The molecule has 3 aliphatic heterocycles. The molecule has 1 aromatic carbocycles. The number of likely N-dealkylation sites (N-methyl/N-ethyl adjacent to an activating group) is 1. The van der Waals surface area contributed by atoms with Gasteiger partial charge in [-0.05, 0) is 51.1 Å². The van der Waals surface area contributed by atoms with E-state index in [-0.39, 0.29) is 5.91 Å². The number of ether oxygens (including phenoxy) is 2. The highest BCUT2D eigenvalue weighted by Gasteiger charge is 2.39. The molecule has 24 heavy (non-hydrogen) atoms. The Balaban J connectivity index is 1.55. The molecule has 0 aliphatic carbocycles. The summed E-state index contributed by atoms with van der Waals surface area (Å²) < 4.78 is 11.2. The zero-order chi connectivity index (χ0) is 16.5. The molecule has 1 amide bonds. The molecule has 0 N–H and O–H groups in total. The van der Waals surface area contributed by atoms with Crippen LogP contribution in [0.25, 0.3) is 0 Å². The summed E-state index contributed by atoms with van der Waals surface area (Å²) in [7, 11) is 2.21. The molecule has 0 radical (unpaired) electrons. The Morgan fingerprint density at radius 2 is 1.83 bits per heavy atom. The first-order valence-corrected chi connectivity index (χ1v) is 9.15. The molecule has 0 spiro atoms. The summed E-state index contributed by atoms with van der Waals surface area (Å²) in [5.41, 5.74) is 0.713. The van der Waals surface area contributed by atoms with Gasteiger partial charge in [-0.1, -0.05) is 12.8 Å². The third-order valence-electron chi connectivity index (χ3n) is 5.64. The predicted molar refractivity (Wildman–Crippen MR) is 91.8 cm³/mol. The highest BCUT2D eigenvalue weighted by Crippen LogP contribution is 2.34. The quantitative estimate of drug-likeness (QED) is 0.794. The van der Waals surface area contributed by atoms with Crippen LogP contribution in [0.5, 0.6) is 11.5 Å². The van der Waals surface area contributed by atoms with Crippen LogP contribution in [0.2, 0.25) is 0 Å². The van der Waals surface area contributed by atoms with Crippen molar-refractivity contribution in [1.29, 1.82) is 0 Å². The maximum Gasteiger partial charge on any atom is 0.254 e. The lowest BCUT2D eigenvalue weighted by Crippen LogP contribution is -2.46. The van der Waals surface area contributed by atoms with Crippen molar-refractivity contribution in [3.63, 3.8) is 0 Å². The van der Waals surface area contributed by atoms with E-state index in [9.17, 15) is 4.79 Å². The molecule has 0 unspecified atom stereocenters. The molecule has 0 bridgehead atoms. The van der Waals surface area contributed by atoms with Gasteiger partial charge in [0.05, 0.1) is 0 Å². The highest BCUT2D eigenvalue weighted by atomic mass is 16.6. The summed E-state index contributed by atoms with van der Waals surface area (Å²) in [6.07, 6.45) is 5.96. The van der Waals surface area contributed by atoms with Gasteiger partial charge >= 0.3 is 0 Å². The molecular formula is C19H26N2O3. The van der Waals surface area contributed by atoms with Gasteiger partial charge in [-0.2, -0.15) is 0 Å². The summed E-state index contributed by atoms with van der Waals surface area (Å²) in [4.78, 5) is 17.7. The molecule has 4 rings (SSSR count). The number of likely N-dealkylation sites (tertiary alicyclic amines) is 2. The average Bonchev–Trinajstić information content (AvgIpc) is 3.01. The van der Waals surface area contributed by atoms with Crippen LogP contribution in [-0.2, 0) is 0 Å². The Labute approximate surface area is 143 Å². The molecule has 1 aromatic rings. The molecule has 5 nitrogen and oxygen atoms in total. The van der Waals surface area contributed by atoms with Gasteiger partial charge in [0.2, 0.25) is 0 Å². The van der Waals surface area contributed by atoms with Crippen molar-refractivity contribution in [2.24, 2.45) is 0 Å². The summed E-state index contributed by atoms with van der Waals surface area (Å²) in [6, 6.07) is 6.43. The van der Waals surface area contributed by atoms with Crippen LogP contribution in [0.3, 0.4) is 0 Å². The van der Waals surface area contributed by atoms with Crippen LogP contribution in [0, 0.1) is 0 Å². The number of rotatable bonds is 1. The molecule has 0 aromatic heterocycles. The van der Waals surface area contributed by atoms with Crippen molar-refractivity contribution in [2.45, 2.75) is 44.2 Å². The second-order valence-electron chi connectivity index (χ2n) is 7.11. The zero-order valence-electron chi connectivity index (χ0n) is 14.4. The molecule has 3 heterocycles. The minimum Gasteiger partial charge on any atom is -0.486 e. The largest absolute Gasteiger partial charge is 0.486 e. The maximum atomic E-state index is 13.1. The molecular weight excluding hydrogens is 304 g/mol. The Morgan fingerprint density at radius 1 is 1.00 bits per heavy atom. The van der Waals surface area contributed by atoms with Gasteiger partial charge in [-0.25, -0.2) is 0 Å². The van der Waals surface area contributed by atoms with Crippen molar-refractivity contribution in [3.8, 4) is 11.5 Å². The Kier molecular flexibility index (Phi) is 4.35. The van der Waals surface area contributed by atoms with E-state index in [1.807, 2.05) is 18.2 Å². The smallest absolute Gasteiger partial charge is 0.254 e. The molecule has 2 saturated heterocycles. The van der Waals surface area contributed by atoms with E-state index >= 15 is 0 Å². The first kappa shape index (κ1) is 15.8. The van der Waals surface area contributed by atoms with Crippen molar-refractivity contribution in [3.05, 3.63) is 23.8 Å². The Hall–Kier alpha value is -1.75. The minimum atomic E-state index is 0.133. The highest BCUT2D eigenvalue weighted by molar-refractivity contribution is 5.95. The topological polar surface area (TPSA) is 42.0 Å². The van der Waals surface area contributed by atoms with Crippen LogP contribution >= 0.6 is 0 Å². The van der Waals surface area contributed by atoms with Crippen molar-refractivity contribution < 1.29 is 14.3 Å². The molecule has 2 fully saturated rings. The fourth-order valence-corrected chi connectivity index (χ4v) is 4.35. The second-order valence-corrected chi connectivity index (χ2v) is 7.11. The van der Waals surface area contributed by atoms with E-state index in [0.717, 1.165) is 31.7 Å². The van der Waals surface area contributed by atoms with Crippen molar-refractivity contribution >= 4 is 5.91 Å². The van der Waals surface area contributed by atoms with Crippen LogP contribution in [-0.4, -0.2) is 61.1 Å². The Bertz CT molecular complexity index is 619. The van der Waals surface area contributed by atoms with Crippen molar-refractivity contribution in [1.82, 2.24) is 9.80 Å². The van der Waals surface area contributed by atoms with E-state index in [0.29, 0.717) is 36.6 Å². The molecule has 5 heteroatoms. The number of benzene rings is 1. The van der Waals surface area contributed by atoms with Gasteiger partial charge in [0.1, 0.15) is 13.2 Å². The molecule has 0 saturated carbocycles. The summed E-state index contributed by atoms with van der Waals surface area (Å²) >= 11 is 0. The van der Waals surface area contributed by atoms with Gasteiger partial charge in [0, 0.05) is 24.2 Å². The van der Waals surface area contributed by atoms with Crippen LogP contribution in [0.15, 0.2) is 18.2 Å². The third kappa shape index (κ3) is 2.86.